The van der Waals surface area contributed by atoms with E-state index < -0.39 is 0 Å². The van der Waals surface area contributed by atoms with Crippen molar-refractivity contribution in [3.8, 4) is 0 Å². The van der Waals surface area contributed by atoms with Crippen LogP contribution in [-0.4, -0.2) is 29.5 Å². The van der Waals surface area contributed by atoms with Gasteiger partial charge in [-0.2, -0.15) is 0 Å². The molecule has 1 rings (SSSR count). The van der Waals surface area contributed by atoms with Crippen LogP contribution in [-0.2, 0) is 4.74 Å². The van der Waals surface area contributed by atoms with E-state index in [-0.39, 0.29) is 6.04 Å². The van der Waals surface area contributed by atoms with E-state index in [1.165, 1.54) is 11.3 Å². The van der Waals surface area contributed by atoms with Gasteiger partial charge in [0.2, 0.25) is 5.13 Å². The monoisotopic (exact) mass is 219 g/mol. The number of nitrogens with one attached hydrogen (secondary N) is 2. The van der Waals surface area contributed by atoms with Gasteiger partial charge in [-0.3, -0.25) is 5.10 Å². The van der Waals surface area contributed by atoms with Crippen molar-refractivity contribution in [1.29, 1.82) is 0 Å². The maximum Gasteiger partial charge on any atom is 0.204 e. The van der Waals surface area contributed by atoms with Crippen molar-refractivity contribution >= 4 is 28.7 Å². The minimum Gasteiger partial charge on any atom is -0.380 e. The van der Waals surface area contributed by atoms with Crippen LogP contribution in [0.2, 0.25) is 0 Å². The lowest BCUT2D eigenvalue weighted by atomic mass is 10.4. The first-order valence-corrected chi connectivity index (χ1v) is 5.34. The Bertz CT molecular complexity index is 296. The molecule has 1 unspecified atom stereocenters. The molecule has 1 aromatic heterocycles. The number of anilines is 1. The van der Waals surface area contributed by atoms with Crippen LogP contribution in [0, 0.1) is 3.95 Å². The third kappa shape index (κ3) is 3.84. The van der Waals surface area contributed by atoms with Crippen LogP contribution >= 0.6 is 23.6 Å². The molecule has 0 aromatic carbocycles. The number of hydrogen-bond donors (Lipinski definition) is 2. The van der Waals surface area contributed by atoms with E-state index in [0.29, 0.717) is 10.6 Å². The highest BCUT2D eigenvalue weighted by Crippen LogP contribution is 2.11. The van der Waals surface area contributed by atoms with Crippen LogP contribution in [0.25, 0.3) is 0 Å². The fourth-order valence-corrected chi connectivity index (χ4v) is 1.74. The lowest BCUT2D eigenvalue weighted by Gasteiger charge is -2.11. The van der Waals surface area contributed by atoms with Gasteiger partial charge in [0.15, 0.2) is 3.95 Å². The molecule has 1 heterocycles. The first-order valence-electron chi connectivity index (χ1n) is 4.12. The van der Waals surface area contributed by atoms with Gasteiger partial charge in [0.25, 0.3) is 0 Å². The lowest BCUT2D eigenvalue weighted by Crippen LogP contribution is -2.21. The summed E-state index contributed by atoms with van der Waals surface area (Å²) in [7, 11) is 0. The molecule has 1 aromatic rings. The summed E-state index contributed by atoms with van der Waals surface area (Å²) in [5, 5.41) is 10.7. The summed E-state index contributed by atoms with van der Waals surface area (Å²) in [5.41, 5.74) is 0. The van der Waals surface area contributed by atoms with Crippen molar-refractivity contribution in [2.75, 3.05) is 18.5 Å². The molecule has 0 aliphatic rings. The van der Waals surface area contributed by atoms with Crippen molar-refractivity contribution in [3.05, 3.63) is 3.95 Å². The molecule has 0 bridgehead atoms. The number of rotatable bonds is 5. The van der Waals surface area contributed by atoms with E-state index in [1.807, 2.05) is 13.8 Å². The quantitative estimate of drug-likeness (QED) is 0.744. The highest BCUT2D eigenvalue weighted by molar-refractivity contribution is 7.73. The van der Waals surface area contributed by atoms with Crippen molar-refractivity contribution in [1.82, 2.24) is 10.2 Å². The first kappa shape index (κ1) is 10.6. The summed E-state index contributed by atoms with van der Waals surface area (Å²) in [4.78, 5) is 0. The van der Waals surface area contributed by atoms with E-state index >= 15 is 0 Å². The van der Waals surface area contributed by atoms with Crippen molar-refractivity contribution in [2.45, 2.75) is 19.9 Å². The fraction of sp³-hybridized carbons (Fsp3) is 0.714. The molecule has 0 spiro atoms. The second-order valence-corrected chi connectivity index (χ2v) is 4.29. The summed E-state index contributed by atoms with van der Waals surface area (Å²) in [5.74, 6) is 0. The maximum atomic E-state index is 5.25. The number of aromatic nitrogens is 2. The molecule has 0 amide bonds. The Kier molecular flexibility index (Phi) is 4.34. The van der Waals surface area contributed by atoms with Crippen molar-refractivity contribution in [3.63, 3.8) is 0 Å². The molecule has 0 fully saturated rings. The standard InChI is InChI=1S/C7H13N3OS2/c1-3-11-4-5(2)8-6-9-10-7(12)13-6/h5H,3-4H2,1-2H3,(H,8,9)(H,10,12). The van der Waals surface area contributed by atoms with Gasteiger partial charge < -0.3 is 10.1 Å². The topological polar surface area (TPSA) is 49.9 Å². The number of aromatic amines is 1. The van der Waals surface area contributed by atoms with Gasteiger partial charge in [0.1, 0.15) is 0 Å². The Morgan fingerprint density at radius 2 is 2.54 bits per heavy atom. The molecule has 13 heavy (non-hydrogen) atoms. The Morgan fingerprint density at radius 3 is 3.08 bits per heavy atom. The molecule has 6 heteroatoms. The van der Waals surface area contributed by atoms with E-state index in [0.717, 1.165) is 11.7 Å². The molecule has 0 aliphatic heterocycles. The number of ether oxygens (including phenoxy) is 1. The molecule has 0 saturated carbocycles. The molecule has 74 valence electrons. The second kappa shape index (κ2) is 5.31. The predicted octanol–water partition coefficient (Wildman–Crippen LogP) is 2.04. The summed E-state index contributed by atoms with van der Waals surface area (Å²) < 4.78 is 5.94. The summed E-state index contributed by atoms with van der Waals surface area (Å²) in [6.07, 6.45) is 0. The Morgan fingerprint density at radius 1 is 1.77 bits per heavy atom. The zero-order valence-electron chi connectivity index (χ0n) is 7.66. The molecule has 0 radical (unpaired) electrons. The molecule has 4 nitrogen and oxygen atoms in total. The second-order valence-electron chi connectivity index (χ2n) is 2.62. The van der Waals surface area contributed by atoms with E-state index in [9.17, 15) is 0 Å². The van der Waals surface area contributed by atoms with Gasteiger partial charge in [-0.25, -0.2) is 0 Å². The van der Waals surface area contributed by atoms with Crippen molar-refractivity contribution in [2.24, 2.45) is 0 Å². The number of H-pyrrole nitrogens is 1. The van der Waals surface area contributed by atoms with E-state index in [4.69, 9.17) is 17.0 Å². The average Bonchev–Trinajstić information content (AvgIpc) is 2.48. The maximum absolute atomic E-state index is 5.25. The summed E-state index contributed by atoms with van der Waals surface area (Å²) in [6, 6.07) is 0.258. The zero-order valence-corrected chi connectivity index (χ0v) is 9.30. The summed E-state index contributed by atoms with van der Waals surface area (Å²) in [6.45, 7) is 5.44. The number of hydrogen-bond acceptors (Lipinski definition) is 5. The lowest BCUT2D eigenvalue weighted by molar-refractivity contribution is 0.141. The number of nitrogens with zero attached hydrogens (tertiary/aromatic N) is 1. The summed E-state index contributed by atoms with van der Waals surface area (Å²) >= 11 is 6.33. The highest BCUT2D eigenvalue weighted by Gasteiger charge is 2.03. The Hall–Kier alpha value is -0.460. The normalized spacial score (nSPS) is 12.8. The Balaban J connectivity index is 2.36. The van der Waals surface area contributed by atoms with E-state index in [1.54, 1.807) is 0 Å². The predicted molar refractivity (Wildman–Crippen MR) is 56.9 cm³/mol. The van der Waals surface area contributed by atoms with Gasteiger partial charge in [-0.05, 0) is 26.1 Å². The van der Waals surface area contributed by atoms with Crippen LogP contribution in [0.1, 0.15) is 13.8 Å². The molecular weight excluding hydrogens is 206 g/mol. The molecular formula is C7H13N3OS2. The first-order chi connectivity index (χ1) is 6.22. The SMILES string of the molecule is CCOCC(C)Nc1n[nH]c(=S)s1. The third-order valence-corrected chi connectivity index (χ3v) is 2.40. The molecule has 0 saturated heterocycles. The zero-order chi connectivity index (χ0) is 9.68. The smallest absolute Gasteiger partial charge is 0.204 e. The molecule has 1 atom stereocenters. The van der Waals surface area contributed by atoms with Crippen LogP contribution in [0.5, 0.6) is 0 Å². The van der Waals surface area contributed by atoms with Crippen LogP contribution < -0.4 is 5.32 Å². The van der Waals surface area contributed by atoms with Gasteiger partial charge >= 0.3 is 0 Å². The van der Waals surface area contributed by atoms with Crippen LogP contribution in [0.3, 0.4) is 0 Å². The highest BCUT2D eigenvalue weighted by atomic mass is 32.1. The molecule has 2 N–H and O–H groups in total. The van der Waals surface area contributed by atoms with Crippen LogP contribution in [0.4, 0.5) is 5.13 Å². The van der Waals surface area contributed by atoms with Crippen LogP contribution in [0.15, 0.2) is 0 Å². The van der Waals surface area contributed by atoms with E-state index in [2.05, 4.69) is 15.5 Å². The Labute approximate surface area is 86.3 Å². The minimum absolute atomic E-state index is 0.258. The van der Waals surface area contributed by atoms with Gasteiger partial charge in [0.05, 0.1) is 6.61 Å². The minimum atomic E-state index is 0.258. The van der Waals surface area contributed by atoms with Gasteiger partial charge in [-0.1, -0.05) is 11.3 Å². The van der Waals surface area contributed by atoms with Gasteiger partial charge in [-0.15, -0.1) is 5.10 Å². The van der Waals surface area contributed by atoms with Crippen molar-refractivity contribution < 1.29 is 4.74 Å². The van der Waals surface area contributed by atoms with Gasteiger partial charge in [0, 0.05) is 12.6 Å². The fourth-order valence-electron chi connectivity index (χ4n) is 0.839. The average molecular weight is 219 g/mol. The third-order valence-electron chi connectivity index (χ3n) is 1.38. The molecule has 0 aliphatic carbocycles. The largest absolute Gasteiger partial charge is 0.380 e.